The number of rotatable bonds is 2. The first-order chi connectivity index (χ1) is 9.24. The van der Waals surface area contributed by atoms with Gasteiger partial charge in [0.2, 0.25) is 0 Å². The van der Waals surface area contributed by atoms with Crippen molar-refractivity contribution in [3.8, 4) is 5.75 Å². The van der Waals surface area contributed by atoms with Crippen molar-refractivity contribution in [3.05, 3.63) is 71.4 Å². The van der Waals surface area contributed by atoms with E-state index in [4.69, 9.17) is 0 Å². The highest BCUT2D eigenvalue weighted by Crippen LogP contribution is 2.27. The average molecular weight is 249 g/mol. The number of nitrogens with zero attached hydrogens (tertiary/aromatic N) is 1. The SMILES string of the molecule is Cc1ccc(Cc2ccc(O)c3ncccc23)cc1. The van der Waals surface area contributed by atoms with Crippen molar-refractivity contribution in [1.82, 2.24) is 4.98 Å². The Morgan fingerprint density at radius 2 is 1.79 bits per heavy atom. The Bertz CT molecular complexity index is 717. The summed E-state index contributed by atoms with van der Waals surface area (Å²) in [6.45, 7) is 2.09. The summed E-state index contributed by atoms with van der Waals surface area (Å²) in [7, 11) is 0. The van der Waals surface area contributed by atoms with Gasteiger partial charge in [0.25, 0.3) is 0 Å². The van der Waals surface area contributed by atoms with E-state index in [0.29, 0.717) is 5.52 Å². The van der Waals surface area contributed by atoms with Crippen LogP contribution in [0.3, 0.4) is 0 Å². The van der Waals surface area contributed by atoms with Crippen molar-refractivity contribution in [2.24, 2.45) is 0 Å². The maximum absolute atomic E-state index is 9.84. The average Bonchev–Trinajstić information content (AvgIpc) is 2.45. The van der Waals surface area contributed by atoms with Gasteiger partial charge in [0, 0.05) is 11.6 Å². The normalized spacial score (nSPS) is 10.8. The molecule has 0 aliphatic rings. The Kier molecular flexibility index (Phi) is 2.92. The van der Waals surface area contributed by atoms with Gasteiger partial charge in [-0.2, -0.15) is 0 Å². The molecule has 0 amide bonds. The highest BCUT2D eigenvalue weighted by molar-refractivity contribution is 5.87. The van der Waals surface area contributed by atoms with Gasteiger partial charge in [0.1, 0.15) is 11.3 Å². The van der Waals surface area contributed by atoms with Gasteiger partial charge in [0.05, 0.1) is 0 Å². The third-order valence-corrected chi connectivity index (χ3v) is 3.35. The van der Waals surface area contributed by atoms with E-state index in [2.05, 4.69) is 36.2 Å². The summed E-state index contributed by atoms with van der Waals surface area (Å²) < 4.78 is 0. The standard InChI is InChI=1S/C17H15NO/c1-12-4-6-13(7-5-12)11-14-8-9-16(19)17-15(14)3-2-10-18-17/h2-10,19H,11H2,1H3. The first kappa shape index (κ1) is 11.7. The molecule has 3 aromatic rings. The number of benzene rings is 2. The van der Waals surface area contributed by atoms with E-state index in [1.54, 1.807) is 12.3 Å². The van der Waals surface area contributed by atoms with Gasteiger partial charge in [-0.15, -0.1) is 0 Å². The third-order valence-electron chi connectivity index (χ3n) is 3.35. The zero-order valence-electron chi connectivity index (χ0n) is 10.8. The molecule has 1 heterocycles. The largest absolute Gasteiger partial charge is 0.506 e. The quantitative estimate of drug-likeness (QED) is 0.748. The number of phenolic OH excluding ortho intramolecular Hbond substituents is 1. The molecule has 3 rings (SSSR count). The molecule has 2 aromatic carbocycles. The third kappa shape index (κ3) is 2.29. The van der Waals surface area contributed by atoms with Gasteiger partial charge >= 0.3 is 0 Å². The van der Waals surface area contributed by atoms with Crippen LogP contribution in [0.2, 0.25) is 0 Å². The molecule has 19 heavy (non-hydrogen) atoms. The van der Waals surface area contributed by atoms with Crippen LogP contribution in [0.5, 0.6) is 5.75 Å². The number of pyridine rings is 1. The number of aromatic nitrogens is 1. The molecule has 1 N–H and O–H groups in total. The molecule has 0 fully saturated rings. The first-order valence-electron chi connectivity index (χ1n) is 6.35. The molecule has 0 spiro atoms. The molecule has 94 valence electrons. The number of phenols is 1. The lowest BCUT2D eigenvalue weighted by Gasteiger charge is -2.08. The fraction of sp³-hybridized carbons (Fsp3) is 0.118. The molecule has 0 saturated carbocycles. The summed E-state index contributed by atoms with van der Waals surface area (Å²) in [5, 5.41) is 10.9. The van der Waals surface area contributed by atoms with Gasteiger partial charge in [-0.1, -0.05) is 42.0 Å². The van der Waals surface area contributed by atoms with Gasteiger partial charge in [-0.3, -0.25) is 4.98 Å². The number of hydrogen-bond donors (Lipinski definition) is 1. The van der Waals surface area contributed by atoms with Crippen LogP contribution in [0.4, 0.5) is 0 Å². The number of fused-ring (bicyclic) bond motifs is 1. The van der Waals surface area contributed by atoms with Crippen molar-refractivity contribution in [2.75, 3.05) is 0 Å². The van der Waals surface area contributed by atoms with Gasteiger partial charge in [-0.05, 0) is 36.6 Å². The highest BCUT2D eigenvalue weighted by Gasteiger charge is 2.06. The fourth-order valence-corrected chi connectivity index (χ4v) is 2.30. The molecule has 0 aliphatic carbocycles. The maximum Gasteiger partial charge on any atom is 0.141 e. The lowest BCUT2D eigenvalue weighted by Crippen LogP contribution is -1.91. The monoisotopic (exact) mass is 249 g/mol. The van der Waals surface area contributed by atoms with Crippen LogP contribution < -0.4 is 0 Å². The van der Waals surface area contributed by atoms with E-state index >= 15 is 0 Å². The lowest BCUT2D eigenvalue weighted by atomic mass is 9.99. The van der Waals surface area contributed by atoms with Gasteiger partial charge in [-0.25, -0.2) is 0 Å². The zero-order valence-corrected chi connectivity index (χ0v) is 10.8. The van der Waals surface area contributed by atoms with E-state index < -0.39 is 0 Å². The summed E-state index contributed by atoms with van der Waals surface area (Å²) in [6, 6.07) is 16.1. The van der Waals surface area contributed by atoms with E-state index in [1.165, 1.54) is 16.7 Å². The van der Waals surface area contributed by atoms with Crippen LogP contribution in [-0.4, -0.2) is 10.1 Å². The van der Waals surface area contributed by atoms with E-state index in [9.17, 15) is 5.11 Å². The Balaban J connectivity index is 2.06. The Labute approximate surface area is 112 Å². The van der Waals surface area contributed by atoms with Crippen LogP contribution in [0, 0.1) is 6.92 Å². The second-order valence-corrected chi connectivity index (χ2v) is 4.81. The molecule has 0 atom stereocenters. The topological polar surface area (TPSA) is 33.1 Å². The highest BCUT2D eigenvalue weighted by atomic mass is 16.3. The molecule has 0 unspecified atom stereocenters. The lowest BCUT2D eigenvalue weighted by molar-refractivity contribution is 0.480. The summed E-state index contributed by atoms with van der Waals surface area (Å²) in [5.41, 5.74) is 4.39. The summed E-state index contributed by atoms with van der Waals surface area (Å²) in [4.78, 5) is 4.25. The van der Waals surface area contributed by atoms with Gasteiger partial charge in [0.15, 0.2) is 0 Å². The molecule has 0 radical (unpaired) electrons. The van der Waals surface area contributed by atoms with E-state index in [1.807, 2.05) is 18.2 Å². The molecule has 0 saturated heterocycles. The van der Waals surface area contributed by atoms with Crippen LogP contribution >= 0.6 is 0 Å². The minimum absolute atomic E-state index is 0.239. The minimum Gasteiger partial charge on any atom is -0.506 e. The summed E-state index contributed by atoms with van der Waals surface area (Å²) in [6.07, 6.45) is 2.56. The Morgan fingerprint density at radius 3 is 2.58 bits per heavy atom. The van der Waals surface area contributed by atoms with Crippen molar-refractivity contribution in [2.45, 2.75) is 13.3 Å². The molecule has 1 aromatic heterocycles. The zero-order chi connectivity index (χ0) is 13.2. The molecule has 0 bridgehead atoms. The molecule has 0 aliphatic heterocycles. The Hall–Kier alpha value is -2.35. The molecular formula is C17H15NO. The minimum atomic E-state index is 0.239. The Morgan fingerprint density at radius 1 is 1.00 bits per heavy atom. The predicted octanol–water partition coefficient (Wildman–Crippen LogP) is 3.84. The molecule has 2 heteroatoms. The number of hydrogen-bond acceptors (Lipinski definition) is 2. The summed E-state index contributed by atoms with van der Waals surface area (Å²) >= 11 is 0. The van der Waals surface area contributed by atoms with E-state index in [0.717, 1.165) is 11.8 Å². The van der Waals surface area contributed by atoms with Crippen molar-refractivity contribution >= 4 is 10.9 Å². The second-order valence-electron chi connectivity index (χ2n) is 4.81. The van der Waals surface area contributed by atoms with Crippen molar-refractivity contribution in [3.63, 3.8) is 0 Å². The fourth-order valence-electron chi connectivity index (χ4n) is 2.30. The number of aromatic hydroxyl groups is 1. The summed E-state index contributed by atoms with van der Waals surface area (Å²) in [5.74, 6) is 0.239. The van der Waals surface area contributed by atoms with Crippen LogP contribution in [-0.2, 0) is 6.42 Å². The maximum atomic E-state index is 9.84. The smallest absolute Gasteiger partial charge is 0.141 e. The second kappa shape index (κ2) is 4.73. The van der Waals surface area contributed by atoms with Crippen molar-refractivity contribution < 1.29 is 5.11 Å². The molecular weight excluding hydrogens is 234 g/mol. The van der Waals surface area contributed by atoms with Crippen LogP contribution in [0.1, 0.15) is 16.7 Å². The van der Waals surface area contributed by atoms with Gasteiger partial charge < -0.3 is 5.11 Å². The van der Waals surface area contributed by atoms with E-state index in [-0.39, 0.29) is 5.75 Å². The van der Waals surface area contributed by atoms with Crippen LogP contribution in [0.15, 0.2) is 54.7 Å². The number of aryl methyl sites for hydroxylation is 1. The van der Waals surface area contributed by atoms with Crippen LogP contribution in [0.25, 0.3) is 10.9 Å². The first-order valence-corrected chi connectivity index (χ1v) is 6.35. The molecule has 2 nitrogen and oxygen atoms in total. The van der Waals surface area contributed by atoms with Crippen molar-refractivity contribution in [1.29, 1.82) is 0 Å². The predicted molar refractivity (Wildman–Crippen MR) is 77.4 cm³/mol.